The van der Waals surface area contributed by atoms with Gasteiger partial charge in [-0.1, -0.05) is 54.4 Å². The van der Waals surface area contributed by atoms with Crippen LogP contribution >= 0.6 is 0 Å². The van der Waals surface area contributed by atoms with Gasteiger partial charge >= 0.3 is 0 Å². The summed E-state index contributed by atoms with van der Waals surface area (Å²) in [6, 6.07) is 8.26. The maximum absolute atomic E-state index is 13.0. The molecule has 320 valence electrons. The molecule has 2 amide bonds. The minimum atomic E-state index is -0.0420. The quantitative estimate of drug-likeness (QED) is 0.0955. The number of nitrogens with one attached hydrogen (secondary N) is 2. The van der Waals surface area contributed by atoms with E-state index >= 15 is 0 Å². The van der Waals surface area contributed by atoms with E-state index in [1.807, 2.05) is 33.3 Å². The van der Waals surface area contributed by atoms with E-state index in [9.17, 15) is 9.59 Å². The lowest BCUT2D eigenvalue weighted by Gasteiger charge is -2.29. The molecule has 2 aliphatic rings. The Morgan fingerprint density at radius 3 is 1.66 bits per heavy atom. The van der Waals surface area contributed by atoms with Crippen LogP contribution in [-0.4, -0.2) is 82.3 Å². The van der Waals surface area contributed by atoms with Crippen molar-refractivity contribution in [1.29, 1.82) is 0 Å². The van der Waals surface area contributed by atoms with Crippen LogP contribution in [0, 0.1) is 0 Å². The minimum Gasteiger partial charge on any atom is -0.378 e. The van der Waals surface area contributed by atoms with Crippen LogP contribution in [0.3, 0.4) is 0 Å². The fraction of sp³-hybridized carbons (Fsp3) is 0.652. The van der Waals surface area contributed by atoms with Gasteiger partial charge in [-0.3, -0.25) is 9.59 Å². The van der Waals surface area contributed by atoms with E-state index in [-0.39, 0.29) is 29.8 Å². The number of fused-ring (bicyclic) bond motifs is 2. The zero-order valence-corrected chi connectivity index (χ0v) is 36.5. The van der Waals surface area contributed by atoms with Gasteiger partial charge in [0.1, 0.15) is 11.3 Å². The molecule has 0 atom stereocenters. The van der Waals surface area contributed by atoms with E-state index in [4.69, 9.17) is 28.9 Å². The molecule has 0 radical (unpaired) electrons. The Morgan fingerprint density at radius 1 is 0.690 bits per heavy atom. The monoisotopic (exact) mass is 803 g/mol. The van der Waals surface area contributed by atoms with Crippen molar-refractivity contribution in [2.24, 2.45) is 0 Å². The SMILES string of the molecule is CCCCOC1CCC(NC(=O)c2ccn3c(C(C)C)cc(COC)nc23)CC1.CCCCOC1CCC(NC(=O)c2ccn3c(COC)cc(C(C)C)nc23)CC1. The molecule has 0 aliphatic heterocycles. The van der Waals surface area contributed by atoms with Crippen LogP contribution in [0.15, 0.2) is 36.7 Å². The smallest absolute Gasteiger partial charge is 0.255 e. The fourth-order valence-electron chi connectivity index (χ4n) is 7.96. The van der Waals surface area contributed by atoms with Crippen LogP contribution in [-0.2, 0) is 32.2 Å². The van der Waals surface area contributed by atoms with Gasteiger partial charge in [0.05, 0.1) is 47.9 Å². The zero-order chi connectivity index (χ0) is 41.6. The Bertz CT molecular complexity index is 1840. The largest absolute Gasteiger partial charge is 0.378 e. The molecule has 12 heteroatoms. The molecule has 0 unspecified atom stereocenters. The Balaban J connectivity index is 0.000000221. The van der Waals surface area contributed by atoms with Crippen molar-refractivity contribution in [2.45, 2.75) is 168 Å². The van der Waals surface area contributed by atoms with Crippen LogP contribution in [0.1, 0.15) is 174 Å². The Morgan fingerprint density at radius 2 is 1.19 bits per heavy atom. The van der Waals surface area contributed by atoms with Gasteiger partial charge in [0.2, 0.25) is 0 Å². The molecule has 0 saturated heterocycles. The molecule has 58 heavy (non-hydrogen) atoms. The average molecular weight is 803 g/mol. The van der Waals surface area contributed by atoms with Gasteiger partial charge in [0, 0.05) is 63.3 Å². The number of nitrogens with zero attached hydrogens (tertiary/aromatic N) is 4. The third kappa shape index (κ3) is 12.1. The van der Waals surface area contributed by atoms with Crippen LogP contribution in [0.2, 0.25) is 0 Å². The first-order valence-corrected chi connectivity index (χ1v) is 21.9. The van der Waals surface area contributed by atoms with Crippen molar-refractivity contribution >= 4 is 23.1 Å². The molecule has 0 spiro atoms. The normalized spacial score (nSPS) is 19.8. The molecule has 2 fully saturated rings. The average Bonchev–Trinajstić information content (AvgIpc) is 3.85. The number of ether oxygens (including phenoxy) is 4. The maximum atomic E-state index is 13.0. The van der Waals surface area contributed by atoms with Gasteiger partial charge in [-0.2, -0.15) is 0 Å². The molecule has 0 bridgehead atoms. The van der Waals surface area contributed by atoms with Gasteiger partial charge < -0.3 is 38.4 Å². The molecule has 2 aliphatic carbocycles. The highest BCUT2D eigenvalue weighted by Gasteiger charge is 2.26. The van der Waals surface area contributed by atoms with Crippen molar-refractivity contribution in [2.75, 3.05) is 27.4 Å². The summed E-state index contributed by atoms with van der Waals surface area (Å²) in [4.78, 5) is 35.5. The number of amides is 2. The van der Waals surface area contributed by atoms with Crippen LogP contribution in [0.4, 0.5) is 0 Å². The number of carbonyl (C=O) groups excluding carboxylic acids is 2. The lowest BCUT2D eigenvalue weighted by atomic mass is 9.92. The van der Waals surface area contributed by atoms with E-state index in [1.165, 1.54) is 0 Å². The van der Waals surface area contributed by atoms with Gasteiger partial charge in [0.15, 0.2) is 0 Å². The lowest BCUT2D eigenvalue weighted by molar-refractivity contribution is 0.0209. The summed E-state index contributed by atoms with van der Waals surface area (Å²) in [7, 11) is 3.34. The van der Waals surface area contributed by atoms with Crippen molar-refractivity contribution in [3.8, 4) is 0 Å². The van der Waals surface area contributed by atoms with E-state index in [1.54, 1.807) is 14.2 Å². The van der Waals surface area contributed by atoms with Gasteiger partial charge in [0.25, 0.3) is 11.8 Å². The summed E-state index contributed by atoms with van der Waals surface area (Å²) in [5.74, 6) is 0.519. The molecule has 2 saturated carbocycles. The number of aromatic nitrogens is 4. The second-order valence-corrected chi connectivity index (χ2v) is 16.7. The van der Waals surface area contributed by atoms with Gasteiger partial charge in [-0.25, -0.2) is 9.97 Å². The highest BCUT2D eigenvalue weighted by molar-refractivity contribution is 6.01. The molecular weight excluding hydrogens is 733 g/mol. The first kappa shape index (κ1) is 45.2. The summed E-state index contributed by atoms with van der Waals surface area (Å²) < 4.78 is 26.5. The Labute approximate surface area is 346 Å². The van der Waals surface area contributed by atoms with Crippen molar-refractivity contribution in [1.82, 2.24) is 29.4 Å². The molecule has 2 N–H and O–H groups in total. The molecule has 0 aromatic carbocycles. The summed E-state index contributed by atoms with van der Waals surface area (Å²) >= 11 is 0. The summed E-state index contributed by atoms with van der Waals surface area (Å²) in [5, 5.41) is 6.44. The third-order valence-electron chi connectivity index (χ3n) is 11.4. The number of methoxy groups -OCH3 is 2. The standard InChI is InChI=1S/2C23H35N3O3/c1-5-6-13-29-19-9-7-17(8-10-19)25-23(27)20-11-12-26-21(16(2)3)14-18(15-28-4)24-22(20)26;1-5-6-13-29-19-9-7-17(8-10-19)24-23(27)20-11-12-26-18(15-28-4)14-21(16(2)3)25-22(20)26/h11-12,14,16-17,19H,5-10,13,15H2,1-4H3,(H,25,27);11-12,14,16-17,19H,5-10,13,15H2,1-4H3,(H,24,27). The first-order valence-electron chi connectivity index (χ1n) is 21.9. The first-order chi connectivity index (χ1) is 28.1. The number of unbranched alkanes of at least 4 members (excludes halogenated alkanes) is 2. The Hall–Kier alpha value is -3.84. The highest BCUT2D eigenvalue weighted by atomic mass is 16.5. The minimum absolute atomic E-state index is 0.0420. The van der Waals surface area contributed by atoms with Crippen LogP contribution < -0.4 is 10.6 Å². The fourth-order valence-corrected chi connectivity index (χ4v) is 7.96. The molecule has 12 nitrogen and oxygen atoms in total. The third-order valence-corrected chi connectivity index (χ3v) is 11.4. The van der Waals surface area contributed by atoms with E-state index < -0.39 is 0 Å². The predicted octanol–water partition coefficient (Wildman–Crippen LogP) is 8.92. The van der Waals surface area contributed by atoms with E-state index in [0.29, 0.717) is 53.8 Å². The maximum Gasteiger partial charge on any atom is 0.255 e. The number of rotatable bonds is 18. The zero-order valence-electron chi connectivity index (χ0n) is 36.5. The second-order valence-electron chi connectivity index (χ2n) is 16.7. The van der Waals surface area contributed by atoms with E-state index in [2.05, 4.69) is 64.3 Å². The van der Waals surface area contributed by atoms with Gasteiger partial charge in [-0.15, -0.1) is 0 Å². The van der Waals surface area contributed by atoms with Crippen LogP contribution in [0.25, 0.3) is 11.3 Å². The Kier molecular flexibility index (Phi) is 17.6. The van der Waals surface area contributed by atoms with E-state index in [0.717, 1.165) is 113 Å². The number of hydrogen-bond acceptors (Lipinski definition) is 8. The van der Waals surface area contributed by atoms with Crippen molar-refractivity contribution < 1.29 is 28.5 Å². The summed E-state index contributed by atoms with van der Waals surface area (Å²) in [6.45, 7) is 15.5. The topological polar surface area (TPSA) is 130 Å². The summed E-state index contributed by atoms with van der Waals surface area (Å²) in [6.07, 6.45) is 17.0. The lowest BCUT2D eigenvalue weighted by Crippen LogP contribution is -2.39. The second kappa shape index (κ2) is 22.5. The highest BCUT2D eigenvalue weighted by Crippen LogP contribution is 2.26. The summed E-state index contributed by atoms with van der Waals surface area (Å²) in [5.41, 5.74) is 6.63. The van der Waals surface area contributed by atoms with Crippen molar-refractivity contribution in [3.63, 3.8) is 0 Å². The molecule has 6 rings (SSSR count). The molecule has 4 aromatic rings. The number of hydrogen-bond donors (Lipinski definition) is 2. The number of carbonyl (C=O) groups is 2. The predicted molar refractivity (Wildman–Crippen MR) is 229 cm³/mol. The molecular formula is C46H70N6O6. The van der Waals surface area contributed by atoms with Crippen molar-refractivity contribution in [3.05, 3.63) is 70.6 Å². The van der Waals surface area contributed by atoms with Gasteiger partial charge in [-0.05, 0) is 100 Å². The van der Waals surface area contributed by atoms with Crippen LogP contribution in [0.5, 0.6) is 0 Å². The molecule has 4 heterocycles. The molecule has 4 aromatic heterocycles.